The molecule has 0 aromatic heterocycles. The van der Waals surface area contributed by atoms with Crippen LogP contribution in [0.4, 0.5) is 4.39 Å². The molecule has 1 nitrogen and oxygen atoms in total. The summed E-state index contributed by atoms with van der Waals surface area (Å²) in [4.78, 5) is 11.4. The minimum atomic E-state index is -0.837. The van der Waals surface area contributed by atoms with Gasteiger partial charge in [0.15, 0.2) is 0 Å². The summed E-state index contributed by atoms with van der Waals surface area (Å²) in [6.07, 6.45) is 5.14. The van der Waals surface area contributed by atoms with Gasteiger partial charge in [-0.1, -0.05) is 60.7 Å². The number of allylic oxidation sites excluding steroid dienone is 1. The van der Waals surface area contributed by atoms with Crippen molar-refractivity contribution in [3.63, 3.8) is 0 Å². The van der Waals surface area contributed by atoms with Gasteiger partial charge in [0.05, 0.1) is 5.41 Å². The third kappa shape index (κ3) is 3.21. The van der Waals surface area contributed by atoms with E-state index in [1.54, 1.807) is 25.1 Å². The number of carbonyl (C=O) groups is 1. The number of hydrogen-bond acceptors (Lipinski definition) is 1. The smallest absolute Gasteiger partial charge is 0.130 e. The zero-order valence-electron chi connectivity index (χ0n) is 11.4. The molecule has 2 rings (SSSR count). The van der Waals surface area contributed by atoms with Gasteiger partial charge in [0.1, 0.15) is 12.1 Å². The molecule has 0 aliphatic heterocycles. The summed E-state index contributed by atoms with van der Waals surface area (Å²) >= 11 is 0. The molecule has 2 heteroatoms. The first-order valence-corrected chi connectivity index (χ1v) is 6.59. The Morgan fingerprint density at radius 2 is 1.70 bits per heavy atom. The van der Waals surface area contributed by atoms with Crippen LogP contribution in [0.25, 0.3) is 6.08 Å². The normalized spacial score (nSPS) is 14.1. The fraction of sp³-hybridized carbons (Fsp3) is 0.167. The summed E-state index contributed by atoms with van der Waals surface area (Å²) in [5.74, 6) is -0.338. The summed E-state index contributed by atoms with van der Waals surface area (Å²) < 4.78 is 13.8. The van der Waals surface area contributed by atoms with E-state index in [0.717, 1.165) is 11.8 Å². The zero-order valence-corrected chi connectivity index (χ0v) is 11.4. The molecule has 2 aromatic carbocycles. The van der Waals surface area contributed by atoms with E-state index in [9.17, 15) is 9.18 Å². The molecule has 0 aliphatic rings. The highest BCUT2D eigenvalue weighted by atomic mass is 19.1. The molecule has 0 saturated carbocycles. The monoisotopic (exact) mass is 268 g/mol. The van der Waals surface area contributed by atoms with Crippen LogP contribution in [0.2, 0.25) is 0 Å². The highest BCUT2D eigenvalue weighted by molar-refractivity contribution is 5.69. The first kappa shape index (κ1) is 14.2. The van der Waals surface area contributed by atoms with Gasteiger partial charge in [0, 0.05) is 5.56 Å². The van der Waals surface area contributed by atoms with E-state index < -0.39 is 5.41 Å². The molecule has 0 fully saturated rings. The molecule has 102 valence electrons. The molecular weight excluding hydrogens is 251 g/mol. The second-order valence-corrected chi connectivity index (χ2v) is 5.03. The molecule has 20 heavy (non-hydrogen) atoms. The van der Waals surface area contributed by atoms with E-state index in [1.807, 2.05) is 42.5 Å². The van der Waals surface area contributed by atoms with Crippen LogP contribution in [-0.2, 0) is 10.2 Å². The van der Waals surface area contributed by atoms with Crippen LogP contribution in [0.3, 0.4) is 0 Å². The van der Waals surface area contributed by atoms with Gasteiger partial charge in [0.25, 0.3) is 0 Å². The number of halogens is 1. The van der Waals surface area contributed by atoms with Gasteiger partial charge in [-0.25, -0.2) is 4.39 Å². The van der Waals surface area contributed by atoms with Crippen molar-refractivity contribution in [2.75, 3.05) is 0 Å². The molecule has 0 heterocycles. The van der Waals surface area contributed by atoms with Crippen molar-refractivity contribution in [1.29, 1.82) is 0 Å². The minimum Gasteiger partial charge on any atom is -0.302 e. The van der Waals surface area contributed by atoms with Crippen molar-refractivity contribution in [3.8, 4) is 0 Å². The van der Waals surface area contributed by atoms with Crippen LogP contribution < -0.4 is 0 Å². The summed E-state index contributed by atoms with van der Waals surface area (Å²) in [5, 5.41) is 0. The first-order valence-electron chi connectivity index (χ1n) is 6.59. The topological polar surface area (TPSA) is 17.1 Å². The Balaban J connectivity index is 2.19. The fourth-order valence-electron chi connectivity index (χ4n) is 2.15. The predicted octanol–water partition coefficient (Wildman–Crippen LogP) is 4.39. The standard InChI is InChI=1S/C18H17FO/c1-18(14-20,16-11-5-6-12-17(16)19)13-7-10-15-8-3-2-4-9-15/h2-12,14H,13H2,1H3/b10-7+/t18-/m1/s1. The third-order valence-electron chi connectivity index (χ3n) is 3.40. The lowest BCUT2D eigenvalue weighted by Gasteiger charge is -2.22. The van der Waals surface area contributed by atoms with E-state index >= 15 is 0 Å². The van der Waals surface area contributed by atoms with E-state index in [1.165, 1.54) is 6.07 Å². The van der Waals surface area contributed by atoms with E-state index in [2.05, 4.69) is 0 Å². The Bertz CT molecular complexity index is 604. The van der Waals surface area contributed by atoms with Crippen LogP contribution >= 0.6 is 0 Å². The molecule has 2 aromatic rings. The molecule has 0 radical (unpaired) electrons. The van der Waals surface area contributed by atoms with Crippen molar-refractivity contribution >= 4 is 12.4 Å². The SMILES string of the molecule is C[C@](C=O)(C/C=C/c1ccccc1)c1ccccc1F. The Morgan fingerprint density at radius 3 is 2.35 bits per heavy atom. The molecule has 0 unspecified atom stereocenters. The highest BCUT2D eigenvalue weighted by Crippen LogP contribution is 2.28. The van der Waals surface area contributed by atoms with Gasteiger partial charge in [-0.2, -0.15) is 0 Å². The summed E-state index contributed by atoms with van der Waals surface area (Å²) in [6.45, 7) is 1.76. The van der Waals surface area contributed by atoms with Crippen LogP contribution in [0, 0.1) is 5.82 Å². The predicted molar refractivity (Wildman–Crippen MR) is 79.9 cm³/mol. The van der Waals surface area contributed by atoms with E-state index in [0.29, 0.717) is 12.0 Å². The number of benzene rings is 2. The Hall–Kier alpha value is -2.22. The number of rotatable bonds is 5. The van der Waals surface area contributed by atoms with Gasteiger partial charge >= 0.3 is 0 Å². The molecule has 1 atom stereocenters. The molecule has 0 amide bonds. The van der Waals surface area contributed by atoms with Crippen molar-refractivity contribution in [1.82, 2.24) is 0 Å². The van der Waals surface area contributed by atoms with Crippen molar-refractivity contribution in [2.45, 2.75) is 18.8 Å². The highest BCUT2D eigenvalue weighted by Gasteiger charge is 2.27. The van der Waals surface area contributed by atoms with Gasteiger partial charge < -0.3 is 4.79 Å². The maximum Gasteiger partial charge on any atom is 0.130 e. The quantitative estimate of drug-likeness (QED) is 0.735. The Labute approximate surface area is 118 Å². The fourth-order valence-corrected chi connectivity index (χ4v) is 2.15. The summed E-state index contributed by atoms with van der Waals surface area (Å²) in [5.41, 5.74) is 0.665. The third-order valence-corrected chi connectivity index (χ3v) is 3.40. The van der Waals surface area contributed by atoms with E-state index in [4.69, 9.17) is 0 Å². The molecule has 0 saturated heterocycles. The maximum atomic E-state index is 13.8. The number of aldehydes is 1. The zero-order chi connectivity index (χ0) is 14.4. The molecule has 0 bridgehead atoms. The molecule has 0 aliphatic carbocycles. The van der Waals surface area contributed by atoms with Crippen molar-refractivity contribution < 1.29 is 9.18 Å². The summed E-state index contributed by atoms with van der Waals surface area (Å²) in [7, 11) is 0. The van der Waals surface area contributed by atoms with Crippen LogP contribution in [0.5, 0.6) is 0 Å². The van der Waals surface area contributed by atoms with Crippen molar-refractivity contribution in [3.05, 3.63) is 77.6 Å². The number of carbonyl (C=O) groups excluding carboxylic acids is 1. The van der Waals surface area contributed by atoms with Gasteiger partial charge in [-0.15, -0.1) is 0 Å². The van der Waals surface area contributed by atoms with Crippen molar-refractivity contribution in [2.24, 2.45) is 0 Å². The summed E-state index contributed by atoms with van der Waals surface area (Å²) in [6, 6.07) is 16.3. The van der Waals surface area contributed by atoms with E-state index in [-0.39, 0.29) is 5.82 Å². The maximum absolute atomic E-state index is 13.8. The van der Waals surface area contributed by atoms with Crippen LogP contribution in [-0.4, -0.2) is 6.29 Å². The number of hydrogen-bond donors (Lipinski definition) is 0. The average molecular weight is 268 g/mol. The lowest BCUT2D eigenvalue weighted by molar-refractivity contribution is -0.112. The lowest BCUT2D eigenvalue weighted by Crippen LogP contribution is -2.24. The second-order valence-electron chi connectivity index (χ2n) is 5.03. The van der Waals surface area contributed by atoms with Gasteiger partial charge in [0.2, 0.25) is 0 Å². The van der Waals surface area contributed by atoms with Crippen LogP contribution in [0.15, 0.2) is 60.7 Å². The van der Waals surface area contributed by atoms with Gasteiger partial charge in [-0.3, -0.25) is 0 Å². The molecular formula is C18H17FO. The Morgan fingerprint density at radius 1 is 1.05 bits per heavy atom. The average Bonchev–Trinajstić information content (AvgIpc) is 2.48. The minimum absolute atomic E-state index is 0.338. The van der Waals surface area contributed by atoms with Crippen LogP contribution in [0.1, 0.15) is 24.5 Å². The lowest BCUT2D eigenvalue weighted by atomic mass is 9.80. The van der Waals surface area contributed by atoms with Gasteiger partial charge in [-0.05, 0) is 25.0 Å². The molecule has 0 N–H and O–H groups in total. The molecule has 0 spiro atoms. The Kier molecular flexibility index (Phi) is 4.46. The first-order chi connectivity index (χ1) is 9.65. The second kappa shape index (κ2) is 6.29. The largest absolute Gasteiger partial charge is 0.302 e.